The van der Waals surface area contributed by atoms with E-state index in [1.165, 1.54) is 11.1 Å². The third-order valence-corrected chi connectivity index (χ3v) is 6.16. The molecule has 0 aliphatic rings. The van der Waals surface area contributed by atoms with Crippen molar-refractivity contribution in [1.82, 2.24) is 5.43 Å². The number of hydrogen-bond donors (Lipinski definition) is 2. The summed E-state index contributed by atoms with van der Waals surface area (Å²) in [4.78, 5) is 22.9. The van der Waals surface area contributed by atoms with Crippen molar-refractivity contribution in [1.29, 1.82) is 0 Å². The van der Waals surface area contributed by atoms with Crippen molar-refractivity contribution in [2.75, 3.05) is 6.61 Å². The van der Waals surface area contributed by atoms with Crippen LogP contribution in [0, 0.1) is 6.92 Å². The van der Waals surface area contributed by atoms with Crippen molar-refractivity contribution in [3.8, 4) is 5.75 Å². The van der Waals surface area contributed by atoms with Crippen molar-refractivity contribution < 1.29 is 19.4 Å². The Labute approximate surface area is 194 Å². The summed E-state index contributed by atoms with van der Waals surface area (Å²) in [6, 6.07) is 15.8. The lowest BCUT2D eigenvalue weighted by Crippen LogP contribution is -2.28. The predicted octanol–water partition coefficient (Wildman–Crippen LogP) is 5.18. The number of rotatable bonds is 12. The van der Waals surface area contributed by atoms with Crippen LogP contribution in [0.25, 0.3) is 0 Å². The molecule has 32 heavy (non-hydrogen) atoms. The van der Waals surface area contributed by atoms with Crippen LogP contribution in [0.3, 0.4) is 0 Å². The number of nitrogens with zero attached hydrogens (tertiary/aromatic N) is 1. The molecule has 0 radical (unpaired) electrons. The molecule has 0 saturated carbocycles. The van der Waals surface area contributed by atoms with Crippen molar-refractivity contribution in [2.24, 2.45) is 5.10 Å². The number of carbonyl (C=O) groups is 2. The van der Waals surface area contributed by atoms with Gasteiger partial charge in [0.2, 0.25) is 5.91 Å². The first kappa shape index (κ1) is 25.5. The van der Waals surface area contributed by atoms with Crippen LogP contribution in [-0.2, 0) is 15.3 Å². The van der Waals surface area contributed by atoms with Crippen LogP contribution >= 0.6 is 11.8 Å². The molecular weight excluding hydrogens is 424 g/mol. The first-order chi connectivity index (χ1) is 15.1. The molecule has 0 saturated heterocycles. The van der Waals surface area contributed by atoms with E-state index in [1.54, 1.807) is 11.8 Å². The van der Waals surface area contributed by atoms with Gasteiger partial charge in [-0.1, -0.05) is 43.7 Å². The van der Waals surface area contributed by atoms with Crippen LogP contribution in [0.2, 0.25) is 0 Å². The van der Waals surface area contributed by atoms with E-state index in [0.717, 1.165) is 11.3 Å². The molecule has 0 aromatic heterocycles. The number of hydrazone groups is 1. The van der Waals surface area contributed by atoms with Gasteiger partial charge in [-0.3, -0.25) is 9.59 Å². The zero-order chi connectivity index (χ0) is 23.6. The molecule has 0 unspecified atom stereocenters. The average molecular weight is 457 g/mol. The van der Waals surface area contributed by atoms with Gasteiger partial charge in [0.05, 0.1) is 12.3 Å². The highest BCUT2D eigenvalue weighted by molar-refractivity contribution is 7.99. The second-order valence-electron chi connectivity index (χ2n) is 8.31. The number of nitrogens with one attached hydrogen (secondary N) is 1. The maximum atomic E-state index is 12.4. The van der Waals surface area contributed by atoms with Gasteiger partial charge in [0, 0.05) is 23.3 Å². The summed E-state index contributed by atoms with van der Waals surface area (Å²) in [7, 11) is 0. The second-order valence-corrected chi connectivity index (χ2v) is 10.00. The van der Waals surface area contributed by atoms with Gasteiger partial charge in [-0.2, -0.15) is 16.9 Å². The first-order valence-corrected chi connectivity index (χ1v) is 11.6. The number of carbonyl (C=O) groups excluding carboxylic acids is 1. The van der Waals surface area contributed by atoms with Crippen molar-refractivity contribution >= 4 is 29.4 Å². The minimum Gasteiger partial charge on any atom is -0.494 e. The molecule has 7 heteroatoms. The minimum atomic E-state index is -0.828. The Balaban J connectivity index is 1.79. The lowest BCUT2D eigenvalue weighted by Gasteiger charge is -2.23. The number of ether oxygens (including phenoxy) is 1. The maximum absolute atomic E-state index is 12.4. The molecule has 0 bridgehead atoms. The molecule has 0 spiro atoms. The van der Waals surface area contributed by atoms with E-state index in [4.69, 9.17) is 9.84 Å². The molecule has 172 valence electrons. The summed E-state index contributed by atoms with van der Waals surface area (Å²) < 4.78 is 5.32. The largest absolute Gasteiger partial charge is 0.494 e. The Bertz CT molecular complexity index is 922. The van der Waals surface area contributed by atoms with Gasteiger partial charge in [0.25, 0.3) is 0 Å². The van der Waals surface area contributed by atoms with E-state index in [9.17, 15) is 9.59 Å². The molecule has 0 aliphatic heterocycles. The fraction of sp³-hybridized carbons (Fsp3) is 0.400. The van der Waals surface area contributed by atoms with E-state index >= 15 is 0 Å². The highest BCUT2D eigenvalue weighted by Crippen LogP contribution is 2.31. The number of carboxylic acid groups (broad SMARTS) is 1. The topological polar surface area (TPSA) is 88.0 Å². The Kier molecular flexibility index (Phi) is 9.78. The minimum absolute atomic E-state index is 0.0881. The smallest absolute Gasteiger partial charge is 0.303 e. The van der Waals surface area contributed by atoms with Crippen LogP contribution in [0.4, 0.5) is 0 Å². The number of thioether (sulfide) groups is 1. The molecule has 6 nitrogen and oxygen atoms in total. The summed E-state index contributed by atoms with van der Waals surface area (Å²) in [6.07, 6.45) is 0.914. The van der Waals surface area contributed by atoms with E-state index in [2.05, 4.69) is 55.6 Å². The third kappa shape index (κ3) is 9.56. The van der Waals surface area contributed by atoms with Crippen molar-refractivity contribution in [2.45, 2.75) is 57.5 Å². The normalized spacial score (nSPS) is 11.8. The van der Waals surface area contributed by atoms with Crippen molar-refractivity contribution in [3.63, 3.8) is 0 Å². The van der Waals surface area contributed by atoms with Gasteiger partial charge in [0.15, 0.2) is 0 Å². The van der Waals surface area contributed by atoms with Crippen LogP contribution in [0.15, 0.2) is 53.6 Å². The number of aliphatic carboxylic acids is 1. The highest BCUT2D eigenvalue weighted by Gasteiger charge is 2.22. The molecule has 2 aromatic carbocycles. The van der Waals surface area contributed by atoms with Gasteiger partial charge in [-0.15, -0.1) is 0 Å². The number of aryl methyl sites for hydroxylation is 1. The van der Waals surface area contributed by atoms with Gasteiger partial charge < -0.3 is 9.84 Å². The van der Waals surface area contributed by atoms with E-state index in [-0.39, 0.29) is 17.1 Å². The number of hydrogen-bond acceptors (Lipinski definition) is 5. The highest BCUT2D eigenvalue weighted by atomic mass is 32.2. The Hall–Kier alpha value is -2.80. The molecule has 2 rings (SSSR count). The predicted molar refractivity (Wildman–Crippen MR) is 130 cm³/mol. The molecule has 2 aromatic rings. The SMILES string of the molecule is C/C(=N\NC(=O)CC(C)(C)SCc1ccc(C)cc1)c1ccc(OCCCC(=O)O)cc1. The summed E-state index contributed by atoms with van der Waals surface area (Å²) in [6.45, 7) is 8.39. The lowest BCUT2D eigenvalue weighted by molar-refractivity contribution is -0.137. The molecule has 1 amide bonds. The third-order valence-electron chi connectivity index (χ3n) is 4.76. The fourth-order valence-electron chi connectivity index (χ4n) is 2.86. The van der Waals surface area contributed by atoms with Gasteiger partial charge in [0.1, 0.15) is 5.75 Å². The lowest BCUT2D eigenvalue weighted by atomic mass is 10.1. The molecule has 0 aliphatic carbocycles. The van der Waals surface area contributed by atoms with Crippen LogP contribution < -0.4 is 10.2 Å². The number of benzene rings is 2. The first-order valence-electron chi connectivity index (χ1n) is 10.6. The Morgan fingerprint density at radius 3 is 2.38 bits per heavy atom. The molecule has 2 N–H and O–H groups in total. The van der Waals surface area contributed by atoms with Gasteiger partial charge in [-0.25, -0.2) is 5.43 Å². The molecular formula is C25H32N2O4S. The second kappa shape index (κ2) is 12.3. The van der Waals surface area contributed by atoms with E-state index in [0.29, 0.717) is 30.9 Å². The zero-order valence-corrected chi connectivity index (χ0v) is 20.0. The van der Waals surface area contributed by atoms with Crippen LogP contribution in [0.5, 0.6) is 5.75 Å². The van der Waals surface area contributed by atoms with Crippen molar-refractivity contribution in [3.05, 3.63) is 65.2 Å². The van der Waals surface area contributed by atoms with Gasteiger partial charge in [-0.05, 0) is 55.7 Å². The summed E-state index contributed by atoms with van der Waals surface area (Å²) >= 11 is 1.75. The maximum Gasteiger partial charge on any atom is 0.303 e. The summed E-state index contributed by atoms with van der Waals surface area (Å²) in [5.74, 6) is 0.576. The zero-order valence-electron chi connectivity index (χ0n) is 19.2. The standard InChI is InChI=1S/C25H32N2O4S/c1-18-7-9-20(10-8-18)17-32-25(3,4)16-23(28)27-26-19(2)21-11-13-22(14-12-21)31-15-5-6-24(29)30/h7-14H,5-6,15-17H2,1-4H3,(H,27,28)(H,29,30)/b26-19+. The Morgan fingerprint density at radius 1 is 1.09 bits per heavy atom. The van der Waals surface area contributed by atoms with E-state index < -0.39 is 5.97 Å². The summed E-state index contributed by atoms with van der Waals surface area (Å²) in [5, 5.41) is 12.9. The molecule has 0 heterocycles. The summed E-state index contributed by atoms with van der Waals surface area (Å²) in [5.41, 5.74) is 6.71. The molecule has 0 fully saturated rings. The molecule has 0 atom stereocenters. The Morgan fingerprint density at radius 2 is 1.75 bits per heavy atom. The fourth-order valence-corrected chi connectivity index (χ4v) is 3.84. The van der Waals surface area contributed by atoms with Gasteiger partial charge >= 0.3 is 5.97 Å². The van der Waals surface area contributed by atoms with Crippen LogP contribution in [0.1, 0.15) is 56.7 Å². The quantitative estimate of drug-likeness (QED) is 0.261. The van der Waals surface area contributed by atoms with Crippen LogP contribution in [-0.4, -0.2) is 34.0 Å². The number of carboxylic acids is 1. The number of amides is 1. The average Bonchev–Trinajstić information content (AvgIpc) is 2.75. The van der Waals surface area contributed by atoms with E-state index in [1.807, 2.05) is 31.2 Å². The monoisotopic (exact) mass is 456 g/mol.